The van der Waals surface area contributed by atoms with E-state index in [-0.39, 0.29) is 41.8 Å². The van der Waals surface area contributed by atoms with Crippen LogP contribution in [0.2, 0.25) is 0 Å². The van der Waals surface area contributed by atoms with Crippen molar-refractivity contribution in [3.8, 4) is 0 Å². The first kappa shape index (κ1) is 24.2. The second-order valence-electron chi connectivity index (χ2n) is 9.40. The first-order chi connectivity index (χ1) is 15.4. The lowest BCUT2D eigenvalue weighted by Crippen LogP contribution is -2.50. The number of amides is 1. The summed E-state index contributed by atoms with van der Waals surface area (Å²) in [6.45, 7) is -0.832. The van der Waals surface area contributed by atoms with Crippen molar-refractivity contribution in [3.63, 3.8) is 0 Å². The van der Waals surface area contributed by atoms with Crippen LogP contribution < -0.4 is 5.32 Å². The predicted octanol–water partition coefficient (Wildman–Crippen LogP) is 1.61. The Balaban J connectivity index is 1.32. The summed E-state index contributed by atoms with van der Waals surface area (Å²) in [5, 5.41) is -2.07. The average Bonchev–Trinajstić information content (AvgIpc) is 3.38. The molecule has 9 nitrogen and oxygen atoms in total. The van der Waals surface area contributed by atoms with Crippen molar-refractivity contribution in [1.29, 1.82) is 0 Å². The largest absolute Gasteiger partial charge is 0.465 e. The van der Waals surface area contributed by atoms with Gasteiger partial charge in [-0.15, -0.1) is 0 Å². The number of hydrogen-bond donors (Lipinski definition) is 2. The summed E-state index contributed by atoms with van der Waals surface area (Å²) in [7, 11) is -5.95. The van der Waals surface area contributed by atoms with Crippen LogP contribution in [0.4, 0.5) is 13.2 Å². The van der Waals surface area contributed by atoms with E-state index in [4.69, 9.17) is 14.0 Å². The Morgan fingerprint density at radius 3 is 2.55 bits per heavy atom. The summed E-state index contributed by atoms with van der Waals surface area (Å²) in [5.41, 5.74) is 0. The fourth-order valence-corrected chi connectivity index (χ4v) is 6.29. The van der Waals surface area contributed by atoms with Gasteiger partial charge in [-0.2, -0.15) is 17.2 Å². The van der Waals surface area contributed by atoms with Gasteiger partial charge in [0.15, 0.2) is 6.17 Å². The van der Waals surface area contributed by atoms with Crippen LogP contribution in [0.3, 0.4) is 0 Å². The minimum absolute atomic E-state index is 0.0990. The van der Waals surface area contributed by atoms with E-state index in [9.17, 15) is 36.0 Å². The van der Waals surface area contributed by atoms with Crippen LogP contribution in [0.15, 0.2) is 0 Å². The first-order valence-corrected chi connectivity index (χ1v) is 12.5. The zero-order valence-electron chi connectivity index (χ0n) is 17.6. The van der Waals surface area contributed by atoms with Crippen LogP contribution in [-0.2, 0) is 34.0 Å². The van der Waals surface area contributed by atoms with E-state index >= 15 is 0 Å². The second kappa shape index (κ2) is 8.71. The Hall–Kier alpha value is -1.89. The van der Waals surface area contributed by atoms with Crippen LogP contribution in [0, 0.1) is 29.6 Å². The Morgan fingerprint density at radius 2 is 1.88 bits per heavy atom. The molecular weight excluding hydrogens is 471 g/mol. The highest BCUT2D eigenvalue weighted by molar-refractivity contribution is 7.86. The van der Waals surface area contributed by atoms with Gasteiger partial charge in [-0.25, -0.2) is 4.39 Å². The molecule has 33 heavy (non-hydrogen) atoms. The number of alkyl halides is 3. The zero-order chi connectivity index (χ0) is 24.1. The molecule has 1 amide bonds. The maximum absolute atomic E-state index is 13.6. The first-order valence-electron chi connectivity index (χ1n) is 11.1. The van der Waals surface area contributed by atoms with Crippen LogP contribution >= 0.6 is 0 Å². The van der Waals surface area contributed by atoms with Crippen molar-refractivity contribution >= 4 is 28.0 Å². The Kier molecular flexibility index (Phi) is 6.40. The highest BCUT2D eigenvalue weighted by Gasteiger charge is 2.62. The number of halogens is 3. The Morgan fingerprint density at radius 1 is 1.21 bits per heavy atom. The summed E-state index contributed by atoms with van der Waals surface area (Å²) in [4.78, 5) is 37.5. The van der Waals surface area contributed by atoms with E-state index in [0.717, 1.165) is 6.42 Å². The van der Waals surface area contributed by atoms with Crippen LogP contribution in [0.1, 0.15) is 44.9 Å². The number of carbonyl (C=O) groups excluding carboxylic acids is 3. The number of carbonyl (C=O) groups is 3. The van der Waals surface area contributed by atoms with E-state index in [0.29, 0.717) is 32.1 Å². The molecule has 0 aromatic rings. The molecule has 0 aromatic heterocycles. The molecule has 13 heteroatoms. The number of nitrogens with one attached hydrogen (secondary N) is 1. The SMILES string of the molecule is O=C(NC1C2CC3C(=O)OC1C3C2)C1CCCCC1C(=O)OCC[C@@H](F)C(F)(F)S(=O)(=O)O. The molecular formula is C20H26F3NO8S. The molecule has 0 aromatic carbocycles. The maximum Gasteiger partial charge on any atom is 0.400 e. The molecule has 4 fully saturated rings. The number of hydrogen-bond acceptors (Lipinski definition) is 7. The molecule has 0 spiro atoms. The van der Waals surface area contributed by atoms with E-state index in [1.54, 1.807) is 0 Å². The molecule has 2 bridgehead atoms. The predicted molar refractivity (Wildman–Crippen MR) is 104 cm³/mol. The molecule has 2 N–H and O–H groups in total. The molecule has 1 aliphatic heterocycles. The second-order valence-corrected chi connectivity index (χ2v) is 10.9. The van der Waals surface area contributed by atoms with Gasteiger partial charge in [0.2, 0.25) is 5.91 Å². The van der Waals surface area contributed by atoms with Gasteiger partial charge in [-0.1, -0.05) is 12.8 Å². The normalized spacial score (nSPS) is 36.4. The third kappa shape index (κ3) is 4.33. The van der Waals surface area contributed by atoms with Crippen LogP contribution in [0.5, 0.6) is 0 Å². The van der Waals surface area contributed by atoms with Gasteiger partial charge >= 0.3 is 27.3 Å². The van der Waals surface area contributed by atoms with Crippen molar-refractivity contribution < 1.29 is 50.0 Å². The van der Waals surface area contributed by atoms with E-state index in [1.807, 2.05) is 0 Å². The van der Waals surface area contributed by atoms with Gasteiger partial charge in [0.1, 0.15) is 6.10 Å². The fourth-order valence-electron chi connectivity index (χ4n) is 5.85. The number of ether oxygens (including phenoxy) is 2. The molecule has 4 aliphatic rings. The lowest BCUT2D eigenvalue weighted by atomic mass is 9.78. The highest BCUT2D eigenvalue weighted by Crippen LogP contribution is 2.54. The quantitative estimate of drug-likeness (QED) is 0.381. The van der Waals surface area contributed by atoms with Crippen molar-refractivity contribution in [2.75, 3.05) is 6.61 Å². The number of rotatable bonds is 8. The lowest BCUT2D eigenvalue weighted by molar-refractivity contribution is -0.156. The highest BCUT2D eigenvalue weighted by atomic mass is 32.2. The van der Waals surface area contributed by atoms with Crippen LogP contribution in [0.25, 0.3) is 0 Å². The summed E-state index contributed by atoms with van der Waals surface area (Å²) < 4.78 is 80.1. The third-order valence-corrected chi connectivity index (χ3v) is 8.47. The molecule has 0 radical (unpaired) electrons. The van der Waals surface area contributed by atoms with Gasteiger partial charge in [-0.05, 0) is 31.6 Å². The van der Waals surface area contributed by atoms with E-state index in [2.05, 4.69) is 5.32 Å². The Bertz CT molecular complexity index is 928. The van der Waals surface area contributed by atoms with Crippen molar-refractivity contribution in [1.82, 2.24) is 5.32 Å². The van der Waals surface area contributed by atoms with E-state index < -0.39 is 52.4 Å². The summed E-state index contributed by atoms with van der Waals surface area (Å²) in [5.74, 6) is -2.87. The van der Waals surface area contributed by atoms with E-state index in [1.165, 1.54) is 0 Å². The number of esters is 2. The van der Waals surface area contributed by atoms with Crippen LogP contribution in [-0.4, -0.2) is 61.0 Å². The molecule has 4 rings (SSSR count). The average molecular weight is 497 g/mol. The molecule has 7 unspecified atom stereocenters. The standard InChI is InChI=1S/C20H26F3NO8S/c21-14(20(22,23)33(28,29)30)5-6-31-18(26)11-4-2-1-3-10(11)17(25)24-15-9-7-12-13(8-9)19(27)32-16(12)15/h9-16H,1-8H2,(H,24,25)(H,28,29,30)/t9?,10?,11?,12?,13?,14-,15?,16?/m1/s1. The minimum Gasteiger partial charge on any atom is -0.465 e. The monoisotopic (exact) mass is 497 g/mol. The molecule has 186 valence electrons. The van der Waals surface area contributed by atoms with Gasteiger partial charge < -0.3 is 14.8 Å². The molecule has 3 saturated carbocycles. The summed E-state index contributed by atoms with van der Waals surface area (Å²) in [6.07, 6.45) is -1.20. The van der Waals surface area contributed by atoms with Crippen molar-refractivity contribution in [2.24, 2.45) is 29.6 Å². The third-order valence-electron chi connectivity index (χ3n) is 7.53. The van der Waals surface area contributed by atoms with Crippen molar-refractivity contribution in [2.45, 2.75) is 68.5 Å². The van der Waals surface area contributed by atoms with Gasteiger partial charge in [-0.3, -0.25) is 18.9 Å². The van der Waals surface area contributed by atoms with Crippen molar-refractivity contribution in [3.05, 3.63) is 0 Å². The molecule has 8 atom stereocenters. The smallest absolute Gasteiger partial charge is 0.400 e. The number of fused-ring (bicyclic) bond motifs is 1. The Labute approximate surface area is 188 Å². The molecule has 1 heterocycles. The lowest BCUT2D eigenvalue weighted by Gasteiger charge is -2.32. The molecule has 1 saturated heterocycles. The zero-order valence-corrected chi connectivity index (χ0v) is 18.4. The van der Waals surface area contributed by atoms with Gasteiger partial charge in [0.05, 0.1) is 30.4 Å². The molecule has 3 aliphatic carbocycles. The van der Waals surface area contributed by atoms with Gasteiger partial charge in [0.25, 0.3) is 0 Å². The summed E-state index contributed by atoms with van der Waals surface area (Å²) >= 11 is 0. The minimum atomic E-state index is -5.95. The summed E-state index contributed by atoms with van der Waals surface area (Å²) in [6, 6.07) is -0.307. The fraction of sp³-hybridized carbons (Fsp3) is 0.850. The topological polar surface area (TPSA) is 136 Å². The maximum atomic E-state index is 13.6. The van der Waals surface area contributed by atoms with Gasteiger partial charge in [0, 0.05) is 12.3 Å².